The highest BCUT2D eigenvalue weighted by Crippen LogP contribution is 2.27. The van der Waals surface area contributed by atoms with Crippen LogP contribution >= 0.6 is 0 Å². The molecule has 0 saturated heterocycles. The topological polar surface area (TPSA) is 35.5 Å². The average molecular weight is 310 g/mol. The minimum absolute atomic E-state index is 0.201. The van der Waals surface area contributed by atoms with Crippen LogP contribution in [0.1, 0.15) is 26.3 Å². The molecule has 0 spiro atoms. The Labute approximate surface area is 137 Å². The van der Waals surface area contributed by atoms with Gasteiger partial charge in [0.15, 0.2) is 0 Å². The highest BCUT2D eigenvalue weighted by Gasteiger charge is 2.23. The van der Waals surface area contributed by atoms with E-state index < -0.39 is 5.97 Å². The summed E-state index contributed by atoms with van der Waals surface area (Å²) >= 11 is 0. The Bertz CT molecular complexity index is 658. The summed E-state index contributed by atoms with van der Waals surface area (Å²) in [5, 5.41) is 0. The largest absolute Gasteiger partial charge is 0.460 e. The summed E-state index contributed by atoms with van der Waals surface area (Å²) in [6.45, 7) is 6.16. The van der Waals surface area contributed by atoms with Gasteiger partial charge in [0.25, 0.3) is 0 Å². The molecule has 0 aliphatic carbocycles. The van der Waals surface area contributed by atoms with Gasteiger partial charge in [-0.1, -0.05) is 62.4 Å². The van der Waals surface area contributed by atoms with Crippen LogP contribution in [0.25, 0.3) is 0 Å². The summed E-state index contributed by atoms with van der Waals surface area (Å²) in [6, 6.07) is 19.2. The summed E-state index contributed by atoms with van der Waals surface area (Å²) in [5.74, 6) is 0.350. The summed E-state index contributed by atoms with van der Waals surface area (Å²) in [5.41, 5.74) is 0.733. The van der Waals surface area contributed by atoms with Crippen LogP contribution in [-0.4, -0.2) is 12.6 Å². The van der Waals surface area contributed by atoms with E-state index in [9.17, 15) is 4.79 Å². The smallest absolute Gasteiger partial charge is 0.373 e. The second-order valence-electron chi connectivity index (χ2n) is 5.73. The van der Waals surface area contributed by atoms with Gasteiger partial charge in [0.1, 0.15) is 5.75 Å². The third kappa shape index (κ3) is 4.71. The molecule has 0 amide bonds. The van der Waals surface area contributed by atoms with Crippen LogP contribution < -0.4 is 4.74 Å². The van der Waals surface area contributed by atoms with Crippen LogP contribution in [0.4, 0.5) is 0 Å². The number of ether oxygens (including phenoxy) is 2. The molecule has 3 nitrogen and oxygen atoms in total. The zero-order valence-corrected chi connectivity index (χ0v) is 13.8. The van der Waals surface area contributed by atoms with Gasteiger partial charge in [-0.2, -0.15) is 0 Å². The lowest BCUT2D eigenvalue weighted by Crippen LogP contribution is -2.20. The first-order valence-corrected chi connectivity index (χ1v) is 7.71. The molecule has 120 valence electrons. The Morgan fingerprint density at radius 2 is 1.57 bits per heavy atom. The monoisotopic (exact) mass is 310 g/mol. The first-order valence-electron chi connectivity index (χ1n) is 7.71. The highest BCUT2D eigenvalue weighted by atomic mass is 16.6. The van der Waals surface area contributed by atoms with E-state index in [1.165, 1.54) is 0 Å². The molecule has 0 aromatic heterocycles. The predicted octanol–water partition coefficient (Wildman–Crippen LogP) is 4.49. The van der Waals surface area contributed by atoms with E-state index in [2.05, 4.69) is 0 Å². The fourth-order valence-electron chi connectivity index (χ4n) is 2.23. The molecule has 0 radical (unpaired) electrons. The van der Waals surface area contributed by atoms with E-state index >= 15 is 0 Å². The molecular formula is C20H22O3. The number of rotatable bonds is 6. The van der Waals surface area contributed by atoms with E-state index in [-0.39, 0.29) is 11.2 Å². The van der Waals surface area contributed by atoms with Gasteiger partial charge < -0.3 is 9.47 Å². The fourth-order valence-corrected chi connectivity index (χ4v) is 2.23. The van der Waals surface area contributed by atoms with Gasteiger partial charge in [-0.15, -0.1) is 0 Å². The van der Waals surface area contributed by atoms with E-state index in [4.69, 9.17) is 9.47 Å². The van der Waals surface area contributed by atoms with Crippen molar-refractivity contribution in [3.05, 3.63) is 78.1 Å². The van der Waals surface area contributed by atoms with Gasteiger partial charge in [-0.05, 0) is 30.7 Å². The van der Waals surface area contributed by atoms with Crippen molar-refractivity contribution in [2.75, 3.05) is 6.61 Å². The normalized spacial score (nSPS) is 11.9. The fraction of sp³-hybridized carbons (Fsp3) is 0.250. The molecule has 0 aliphatic heterocycles. The van der Waals surface area contributed by atoms with Crippen molar-refractivity contribution in [3.63, 3.8) is 0 Å². The van der Waals surface area contributed by atoms with Crippen molar-refractivity contribution < 1.29 is 14.3 Å². The number of benzene rings is 2. The lowest BCUT2D eigenvalue weighted by molar-refractivity contribution is -0.141. The Kier molecular flexibility index (Phi) is 5.58. The number of esters is 1. The van der Waals surface area contributed by atoms with Crippen molar-refractivity contribution in [2.24, 2.45) is 0 Å². The molecule has 2 aromatic rings. The third-order valence-electron chi connectivity index (χ3n) is 3.46. The quantitative estimate of drug-likeness (QED) is 0.448. The molecule has 23 heavy (non-hydrogen) atoms. The number of carbonyl (C=O) groups excluding carboxylic acids is 1. The maximum absolute atomic E-state index is 12.2. The van der Waals surface area contributed by atoms with Crippen molar-refractivity contribution in [1.29, 1.82) is 0 Å². The summed E-state index contributed by atoms with van der Waals surface area (Å²) in [6.07, 6.45) is 1.81. The maximum Gasteiger partial charge on any atom is 0.373 e. The van der Waals surface area contributed by atoms with Gasteiger partial charge in [-0.25, -0.2) is 4.79 Å². The minimum atomic E-state index is -0.458. The first-order chi connectivity index (χ1) is 11.0. The Morgan fingerprint density at radius 3 is 2.13 bits per heavy atom. The zero-order chi connectivity index (χ0) is 16.7. The summed E-state index contributed by atoms with van der Waals surface area (Å²) < 4.78 is 10.9. The van der Waals surface area contributed by atoms with Gasteiger partial charge in [0, 0.05) is 5.41 Å². The second-order valence-corrected chi connectivity index (χ2v) is 5.73. The van der Waals surface area contributed by atoms with E-state index in [1.807, 2.05) is 80.6 Å². The van der Waals surface area contributed by atoms with Crippen molar-refractivity contribution >= 4 is 5.97 Å². The van der Waals surface area contributed by atoms with E-state index in [0.29, 0.717) is 12.4 Å². The molecular weight excluding hydrogens is 288 g/mol. The molecule has 0 heterocycles. The lowest BCUT2D eigenvalue weighted by Gasteiger charge is -2.22. The predicted molar refractivity (Wildman–Crippen MR) is 91.3 cm³/mol. The number of para-hydroxylation sites is 1. The Morgan fingerprint density at radius 1 is 1.00 bits per heavy atom. The van der Waals surface area contributed by atoms with Crippen LogP contribution in [0, 0.1) is 0 Å². The number of hydrogen-bond acceptors (Lipinski definition) is 3. The average Bonchev–Trinajstić information content (AvgIpc) is 2.56. The third-order valence-corrected chi connectivity index (χ3v) is 3.46. The molecule has 3 heteroatoms. The SMILES string of the molecule is CCOC(=O)/C(=C/C(C)(C)c1ccccc1)Oc1ccccc1. The molecule has 2 aromatic carbocycles. The Hall–Kier alpha value is -2.55. The highest BCUT2D eigenvalue weighted by molar-refractivity contribution is 5.87. The summed E-state index contributed by atoms with van der Waals surface area (Å²) in [4.78, 5) is 12.2. The van der Waals surface area contributed by atoms with E-state index in [0.717, 1.165) is 5.56 Å². The number of carbonyl (C=O) groups is 1. The van der Waals surface area contributed by atoms with Crippen molar-refractivity contribution in [3.8, 4) is 5.75 Å². The number of allylic oxidation sites excluding steroid dienone is 1. The van der Waals surface area contributed by atoms with Crippen molar-refractivity contribution in [2.45, 2.75) is 26.2 Å². The van der Waals surface area contributed by atoms with Crippen LogP contribution in [0.15, 0.2) is 72.5 Å². The zero-order valence-electron chi connectivity index (χ0n) is 13.8. The Balaban J connectivity index is 2.34. The number of hydrogen-bond donors (Lipinski definition) is 0. The molecule has 0 N–H and O–H groups in total. The standard InChI is InChI=1S/C20H22O3/c1-4-22-19(21)18(23-17-13-9-6-10-14-17)15-20(2,3)16-11-7-5-8-12-16/h5-15H,4H2,1-3H3/b18-15-. The first kappa shape index (κ1) is 16.8. The van der Waals surface area contributed by atoms with Gasteiger partial charge in [-0.3, -0.25) is 0 Å². The second kappa shape index (κ2) is 7.63. The molecule has 0 saturated carbocycles. The molecule has 2 rings (SSSR count). The van der Waals surface area contributed by atoms with Crippen LogP contribution in [0.5, 0.6) is 5.75 Å². The van der Waals surface area contributed by atoms with Gasteiger partial charge >= 0.3 is 5.97 Å². The van der Waals surface area contributed by atoms with E-state index in [1.54, 1.807) is 6.92 Å². The minimum Gasteiger partial charge on any atom is -0.460 e. The molecule has 0 bridgehead atoms. The molecule has 0 atom stereocenters. The van der Waals surface area contributed by atoms with Crippen LogP contribution in [0.2, 0.25) is 0 Å². The molecule has 0 aliphatic rings. The molecule has 0 fully saturated rings. The summed E-state index contributed by atoms with van der Waals surface area (Å²) in [7, 11) is 0. The molecule has 0 unspecified atom stereocenters. The van der Waals surface area contributed by atoms with Gasteiger partial charge in [0.2, 0.25) is 5.76 Å². The van der Waals surface area contributed by atoms with Crippen molar-refractivity contribution in [1.82, 2.24) is 0 Å². The van der Waals surface area contributed by atoms with Crippen LogP contribution in [0.3, 0.4) is 0 Å². The van der Waals surface area contributed by atoms with Gasteiger partial charge in [0.05, 0.1) is 6.61 Å². The van der Waals surface area contributed by atoms with Crippen LogP contribution in [-0.2, 0) is 14.9 Å². The maximum atomic E-state index is 12.2. The lowest BCUT2D eigenvalue weighted by atomic mass is 9.84.